The molecule has 6 heteroatoms. The van der Waals surface area contributed by atoms with Gasteiger partial charge in [0.05, 0.1) is 0 Å². The maximum absolute atomic E-state index is 12.2. The van der Waals surface area contributed by atoms with Gasteiger partial charge in [-0.3, -0.25) is 4.79 Å². The number of rotatable bonds is 5. The van der Waals surface area contributed by atoms with E-state index in [2.05, 4.69) is 11.9 Å². The van der Waals surface area contributed by atoms with Gasteiger partial charge in [0, 0.05) is 25.8 Å². The first-order valence-electron chi connectivity index (χ1n) is 6.81. The second-order valence-electron chi connectivity index (χ2n) is 5.38. The van der Waals surface area contributed by atoms with E-state index in [1.54, 1.807) is 24.2 Å². The average Bonchev–Trinajstić information content (AvgIpc) is 2.99. The van der Waals surface area contributed by atoms with Crippen LogP contribution in [0.1, 0.15) is 23.3 Å². The topological polar surface area (TPSA) is 65.8 Å². The van der Waals surface area contributed by atoms with Crippen LogP contribution in [0.15, 0.2) is 18.3 Å². The summed E-state index contributed by atoms with van der Waals surface area (Å²) in [5.41, 5.74) is 0.143. The quantitative estimate of drug-likeness (QED) is 0.863. The molecule has 1 saturated heterocycles. The van der Waals surface area contributed by atoms with Crippen molar-refractivity contribution in [1.82, 2.24) is 14.4 Å². The summed E-state index contributed by atoms with van der Waals surface area (Å²) in [4.78, 5) is 27.1. The van der Waals surface area contributed by atoms with Crippen LogP contribution in [-0.2, 0) is 11.3 Å². The second-order valence-corrected chi connectivity index (χ2v) is 5.38. The van der Waals surface area contributed by atoms with Crippen molar-refractivity contribution in [3.05, 3.63) is 24.0 Å². The highest BCUT2D eigenvalue weighted by molar-refractivity contribution is 5.86. The highest BCUT2D eigenvalue weighted by Gasteiger charge is 2.24. The van der Waals surface area contributed by atoms with Crippen molar-refractivity contribution in [3.8, 4) is 0 Å². The zero-order chi connectivity index (χ0) is 14.7. The Morgan fingerprint density at radius 2 is 2.25 bits per heavy atom. The molecule has 1 aromatic heterocycles. The van der Waals surface area contributed by atoms with E-state index in [1.165, 1.54) is 17.1 Å². The number of likely N-dealkylation sites (N-methyl/N-ethyl adjacent to an activating group) is 2. The largest absolute Gasteiger partial charge is 0.477 e. The maximum atomic E-state index is 12.2. The molecule has 1 aliphatic heterocycles. The fourth-order valence-corrected chi connectivity index (χ4v) is 2.64. The summed E-state index contributed by atoms with van der Waals surface area (Å²) in [6, 6.07) is 3.55. The molecule has 110 valence electrons. The van der Waals surface area contributed by atoms with Crippen LogP contribution in [0.5, 0.6) is 0 Å². The Balaban J connectivity index is 1.93. The Bertz CT molecular complexity index is 498. The van der Waals surface area contributed by atoms with Crippen LogP contribution in [0, 0.1) is 0 Å². The molecule has 0 saturated carbocycles. The summed E-state index contributed by atoms with van der Waals surface area (Å²) in [5.74, 6) is -1.08. The minimum absolute atomic E-state index is 0.0657. The van der Waals surface area contributed by atoms with Crippen molar-refractivity contribution in [2.24, 2.45) is 0 Å². The van der Waals surface area contributed by atoms with Crippen LogP contribution in [0.2, 0.25) is 0 Å². The molecule has 0 bridgehead atoms. The lowest BCUT2D eigenvalue weighted by atomic mass is 10.2. The van der Waals surface area contributed by atoms with Gasteiger partial charge < -0.3 is 19.5 Å². The van der Waals surface area contributed by atoms with Crippen molar-refractivity contribution in [3.63, 3.8) is 0 Å². The van der Waals surface area contributed by atoms with Gasteiger partial charge in [-0.1, -0.05) is 0 Å². The Kier molecular flexibility index (Phi) is 4.44. The molecule has 0 spiro atoms. The number of carboxylic acids is 1. The van der Waals surface area contributed by atoms with Crippen molar-refractivity contribution < 1.29 is 14.7 Å². The van der Waals surface area contributed by atoms with Crippen LogP contribution >= 0.6 is 0 Å². The molecule has 2 rings (SSSR count). The minimum Gasteiger partial charge on any atom is -0.477 e. The molecule has 1 N–H and O–H groups in total. The lowest BCUT2D eigenvalue weighted by Crippen LogP contribution is -2.40. The molecule has 6 nitrogen and oxygen atoms in total. The van der Waals surface area contributed by atoms with Gasteiger partial charge in [-0.2, -0.15) is 0 Å². The highest BCUT2D eigenvalue weighted by atomic mass is 16.4. The van der Waals surface area contributed by atoms with Gasteiger partial charge >= 0.3 is 5.97 Å². The summed E-state index contributed by atoms with van der Waals surface area (Å²) in [5, 5.41) is 9.02. The number of aromatic carboxylic acids is 1. The lowest BCUT2D eigenvalue weighted by Gasteiger charge is -2.26. The molecule has 1 aromatic rings. The van der Waals surface area contributed by atoms with Gasteiger partial charge in [0.2, 0.25) is 5.91 Å². The predicted molar refractivity (Wildman–Crippen MR) is 74.7 cm³/mol. The standard InChI is InChI=1S/C14H21N3O3/c1-15-7-3-5-11(15)9-16(2)13(18)10-17-8-4-6-12(17)14(19)20/h4,6,8,11H,3,5,7,9-10H2,1-2H3,(H,19,20). The van der Waals surface area contributed by atoms with Gasteiger partial charge in [-0.25, -0.2) is 4.79 Å². The zero-order valence-electron chi connectivity index (χ0n) is 12.0. The van der Waals surface area contributed by atoms with Gasteiger partial charge in [0.25, 0.3) is 0 Å². The number of carbonyl (C=O) groups excluding carboxylic acids is 1. The molecule has 1 atom stereocenters. The predicted octanol–water partition coefficient (Wildman–Crippen LogP) is 0.739. The molecule has 0 aliphatic carbocycles. The first-order chi connectivity index (χ1) is 9.49. The fraction of sp³-hybridized carbons (Fsp3) is 0.571. The molecule has 2 heterocycles. The highest BCUT2D eigenvalue weighted by Crippen LogP contribution is 2.15. The molecule has 1 amide bonds. The second kappa shape index (κ2) is 6.09. The van der Waals surface area contributed by atoms with E-state index in [4.69, 9.17) is 5.11 Å². The van der Waals surface area contributed by atoms with Crippen molar-refractivity contribution in [2.45, 2.75) is 25.4 Å². The van der Waals surface area contributed by atoms with Gasteiger partial charge in [0.15, 0.2) is 0 Å². The van der Waals surface area contributed by atoms with E-state index in [1.807, 2.05) is 0 Å². The molecule has 0 aromatic carbocycles. The van der Waals surface area contributed by atoms with Crippen LogP contribution < -0.4 is 0 Å². The lowest BCUT2D eigenvalue weighted by molar-refractivity contribution is -0.131. The summed E-state index contributed by atoms with van der Waals surface area (Å²) in [6.45, 7) is 1.84. The SMILES string of the molecule is CN(CC1CCCN1C)C(=O)Cn1cccc1C(=O)O. The van der Waals surface area contributed by atoms with Crippen molar-refractivity contribution in [1.29, 1.82) is 0 Å². The van der Waals surface area contributed by atoms with Crippen LogP contribution in [0.25, 0.3) is 0 Å². The number of likely N-dealkylation sites (tertiary alicyclic amines) is 1. The Labute approximate surface area is 118 Å². The molecule has 1 fully saturated rings. The van der Waals surface area contributed by atoms with Crippen LogP contribution in [-0.4, -0.2) is 64.6 Å². The molecule has 1 aliphatic rings. The zero-order valence-corrected chi connectivity index (χ0v) is 12.0. The van der Waals surface area contributed by atoms with E-state index >= 15 is 0 Å². The van der Waals surface area contributed by atoms with E-state index in [0.717, 1.165) is 13.0 Å². The smallest absolute Gasteiger partial charge is 0.352 e. The molecular formula is C14H21N3O3. The Morgan fingerprint density at radius 1 is 1.50 bits per heavy atom. The summed E-state index contributed by atoms with van der Waals surface area (Å²) >= 11 is 0. The van der Waals surface area contributed by atoms with Gasteiger partial charge in [0.1, 0.15) is 12.2 Å². The number of hydrogen-bond acceptors (Lipinski definition) is 3. The first-order valence-corrected chi connectivity index (χ1v) is 6.81. The van der Waals surface area contributed by atoms with E-state index in [-0.39, 0.29) is 18.1 Å². The van der Waals surface area contributed by atoms with E-state index < -0.39 is 5.97 Å². The normalized spacial score (nSPS) is 19.2. The number of amides is 1. The third-order valence-corrected chi connectivity index (χ3v) is 3.94. The number of nitrogens with zero attached hydrogens (tertiary/aromatic N) is 3. The molecular weight excluding hydrogens is 258 g/mol. The summed E-state index contributed by atoms with van der Waals surface area (Å²) in [7, 11) is 3.85. The number of carbonyl (C=O) groups is 2. The number of hydrogen-bond donors (Lipinski definition) is 1. The molecule has 20 heavy (non-hydrogen) atoms. The molecule has 1 unspecified atom stereocenters. The number of carboxylic acid groups (broad SMARTS) is 1. The fourth-order valence-electron chi connectivity index (χ4n) is 2.64. The van der Waals surface area contributed by atoms with Crippen LogP contribution in [0.4, 0.5) is 0 Å². The van der Waals surface area contributed by atoms with Crippen molar-refractivity contribution in [2.75, 3.05) is 27.2 Å². The monoisotopic (exact) mass is 279 g/mol. The van der Waals surface area contributed by atoms with E-state index in [0.29, 0.717) is 12.6 Å². The van der Waals surface area contributed by atoms with Gasteiger partial charge in [-0.05, 0) is 38.6 Å². The first kappa shape index (κ1) is 14.6. The minimum atomic E-state index is -1.01. The van der Waals surface area contributed by atoms with E-state index in [9.17, 15) is 9.59 Å². The third-order valence-electron chi connectivity index (χ3n) is 3.94. The van der Waals surface area contributed by atoms with Gasteiger partial charge in [-0.15, -0.1) is 0 Å². The van der Waals surface area contributed by atoms with Crippen LogP contribution in [0.3, 0.4) is 0 Å². The Hall–Kier alpha value is -1.82. The average molecular weight is 279 g/mol. The summed E-state index contributed by atoms with van der Waals surface area (Å²) in [6.07, 6.45) is 3.90. The third kappa shape index (κ3) is 3.19. The Morgan fingerprint density at radius 3 is 2.85 bits per heavy atom. The summed E-state index contributed by atoms with van der Waals surface area (Å²) < 4.78 is 1.47. The maximum Gasteiger partial charge on any atom is 0.352 e. The number of aromatic nitrogens is 1. The molecule has 0 radical (unpaired) electrons. The van der Waals surface area contributed by atoms with Crippen molar-refractivity contribution >= 4 is 11.9 Å².